The minimum absolute atomic E-state index is 0.0339. The van der Waals surface area contributed by atoms with Crippen molar-refractivity contribution in [2.75, 3.05) is 0 Å². The predicted molar refractivity (Wildman–Crippen MR) is 66.8 cm³/mol. The van der Waals surface area contributed by atoms with Crippen molar-refractivity contribution in [2.24, 2.45) is 0 Å². The Hall–Kier alpha value is -1.03. The first-order chi connectivity index (χ1) is 7.65. The molecule has 4 heteroatoms. The molecule has 0 radical (unpaired) electrons. The topological polar surface area (TPSA) is 41.1 Å². The molecule has 0 saturated heterocycles. The number of carbonyl (C=O) groups excluding carboxylic acids is 1. The van der Waals surface area contributed by atoms with E-state index < -0.39 is 0 Å². The van der Waals surface area contributed by atoms with E-state index in [1.807, 2.05) is 0 Å². The number of carbonyl (C=O) groups is 1. The van der Waals surface area contributed by atoms with Crippen LogP contribution >= 0.6 is 11.3 Å². The van der Waals surface area contributed by atoms with Crippen LogP contribution in [0.4, 0.5) is 4.79 Å². The van der Waals surface area contributed by atoms with Gasteiger partial charge in [0.15, 0.2) is 0 Å². The van der Waals surface area contributed by atoms with Gasteiger partial charge in [0.25, 0.3) is 0 Å². The van der Waals surface area contributed by atoms with Crippen LogP contribution in [-0.4, -0.2) is 12.1 Å². The number of rotatable bonds is 3. The lowest BCUT2D eigenvalue weighted by molar-refractivity contribution is 0.228. The molecule has 0 aromatic carbocycles. The third-order valence-corrected chi connectivity index (χ3v) is 4.23. The molecule has 88 valence electrons. The number of urea groups is 1. The molecule has 1 fully saturated rings. The van der Waals surface area contributed by atoms with Crippen molar-refractivity contribution in [2.45, 2.75) is 45.7 Å². The molecule has 0 bridgehead atoms. The third kappa shape index (κ3) is 2.76. The van der Waals surface area contributed by atoms with Crippen LogP contribution in [0.2, 0.25) is 0 Å². The van der Waals surface area contributed by atoms with E-state index in [4.69, 9.17) is 0 Å². The highest BCUT2D eigenvalue weighted by molar-refractivity contribution is 7.12. The number of amides is 2. The lowest BCUT2D eigenvalue weighted by atomic mass is 9.93. The van der Waals surface area contributed by atoms with Crippen LogP contribution in [0, 0.1) is 13.8 Å². The minimum Gasteiger partial charge on any atom is -0.335 e. The molecule has 1 aliphatic rings. The number of nitrogens with one attached hydrogen (secondary N) is 2. The van der Waals surface area contributed by atoms with Crippen LogP contribution in [0.5, 0.6) is 0 Å². The summed E-state index contributed by atoms with van der Waals surface area (Å²) in [5.74, 6) is 0. The van der Waals surface area contributed by atoms with E-state index in [2.05, 4.69) is 30.5 Å². The summed E-state index contributed by atoms with van der Waals surface area (Å²) in [7, 11) is 0. The van der Waals surface area contributed by atoms with Gasteiger partial charge in [0.2, 0.25) is 0 Å². The second-order valence-electron chi connectivity index (χ2n) is 4.41. The average Bonchev–Trinajstić information content (AvgIpc) is 2.50. The zero-order valence-electron chi connectivity index (χ0n) is 9.80. The van der Waals surface area contributed by atoms with Gasteiger partial charge in [-0.1, -0.05) is 0 Å². The third-order valence-electron chi connectivity index (χ3n) is 3.08. The van der Waals surface area contributed by atoms with Crippen LogP contribution in [0.3, 0.4) is 0 Å². The van der Waals surface area contributed by atoms with Crippen molar-refractivity contribution in [3.8, 4) is 0 Å². The highest BCUT2D eigenvalue weighted by Gasteiger charge is 2.18. The summed E-state index contributed by atoms with van der Waals surface area (Å²) in [6, 6.07) is 2.52. The normalized spacial score (nSPS) is 15.6. The monoisotopic (exact) mass is 238 g/mol. The van der Waals surface area contributed by atoms with E-state index in [9.17, 15) is 4.79 Å². The second kappa shape index (κ2) is 4.87. The molecule has 0 atom stereocenters. The minimum atomic E-state index is -0.0339. The second-order valence-corrected chi connectivity index (χ2v) is 5.75. The van der Waals surface area contributed by atoms with Crippen LogP contribution < -0.4 is 10.6 Å². The summed E-state index contributed by atoms with van der Waals surface area (Å²) in [6.45, 7) is 4.85. The maximum Gasteiger partial charge on any atom is 0.315 e. The lowest BCUT2D eigenvalue weighted by Crippen LogP contribution is -2.44. The van der Waals surface area contributed by atoms with Crippen LogP contribution in [0.25, 0.3) is 0 Å². The highest BCUT2D eigenvalue weighted by Crippen LogP contribution is 2.20. The SMILES string of the molecule is Cc1cc(CNC(=O)NC2CCC2)sc1C. The fraction of sp³-hybridized carbons (Fsp3) is 0.583. The van der Waals surface area contributed by atoms with E-state index in [-0.39, 0.29) is 6.03 Å². The Morgan fingerprint density at radius 2 is 2.25 bits per heavy atom. The predicted octanol–water partition coefficient (Wildman–Crippen LogP) is 2.72. The standard InChI is InChI=1S/C12H18N2OS/c1-8-6-11(16-9(8)2)7-13-12(15)14-10-4-3-5-10/h6,10H,3-5,7H2,1-2H3,(H2,13,14,15). The van der Waals surface area contributed by atoms with Crippen molar-refractivity contribution in [1.29, 1.82) is 0 Å². The van der Waals surface area contributed by atoms with E-state index in [0.717, 1.165) is 12.8 Å². The molecule has 1 aliphatic carbocycles. The summed E-state index contributed by atoms with van der Waals surface area (Å²) >= 11 is 1.75. The lowest BCUT2D eigenvalue weighted by Gasteiger charge is -2.26. The maximum absolute atomic E-state index is 11.5. The Morgan fingerprint density at radius 3 is 2.75 bits per heavy atom. The zero-order chi connectivity index (χ0) is 11.5. The Kier molecular flexibility index (Phi) is 3.49. The molecule has 0 aliphatic heterocycles. The van der Waals surface area contributed by atoms with E-state index in [1.54, 1.807) is 11.3 Å². The van der Waals surface area contributed by atoms with Crippen molar-refractivity contribution in [3.05, 3.63) is 21.4 Å². The fourth-order valence-corrected chi connectivity index (χ4v) is 2.69. The first-order valence-corrected chi connectivity index (χ1v) is 6.57. The molecule has 2 rings (SSSR count). The fourth-order valence-electron chi connectivity index (χ4n) is 1.69. The van der Waals surface area contributed by atoms with Crippen molar-refractivity contribution in [1.82, 2.24) is 10.6 Å². The average molecular weight is 238 g/mol. The van der Waals surface area contributed by atoms with Gasteiger partial charge < -0.3 is 10.6 Å². The molecule has 1 saturated carbocycles. The number of hydrogen-bond donors (Lipinski definition) is 2. The smallest absolute Gasteiger partial charge is 0.315 e. The summed E-state index contributed by atoms with van der Waals surface area (Å²) in [5.41, 5.74) is 1.31. The van der Waals surface area contributed by atoms with Gasteiger partial charge in [0, 0.05) is 15.8 Å². The Morgan fingerprint density at radius 1 is 1.50 bits per heavy atom. The quantitative estimate of drug-likeness (QED) is 0.835. The van der Waals surface area contributed by atoms with Gasteiger partial charge in [-0.05, 0) is 44.7 Å². The van der Waals surface area contributed by atoms with Gasteiger partial charge in [0.05, 0.1) is 6.54 Å². The number of hydrogen-bond acceptors (Lipinski definition) is 2. The van der Waals surface area contributed by atoms with Gasteiger partial charge in [-0.2, -0.15) is 0 Å². The molecule has 1 heterocycles. The first kappa shape index (κ1) is 11.5. The molecule has 2 amide bonds. The van der Waals surface area contributed by atoms with Crippen molar-refractivity contribution < 1.29 is 4.79 Å². The largest absolute Gasteiger partial charge is 0.335 e. The van der Waals surface area contributed by atoms with Gasteiger partial charge in [-0.3, -0.25) is 0 Å². The zero-order valence-corrected chi connectivity index (χ0v) is 10.6. The van der Waals surface area contributed by atoms with Gasteiger partial charge >= 0.3 is 6.03 Å². The first-order valence-electron chi connectivity index (χ1n) is 5.75. The van der Waals surface area contributed by atoms with Crippen molar-refractivity contribution >= 4 is 17.4 Å². The van der Waals surface area contributed by atoms with Crippen LogP contribution in [0.15, 0.2) is 6.07 Å². The molecular weight excluding hydrogens is 220 g/mol. The summed E-state index contributed by atoms with van der Waals surface area (Å²) in [5, 5.41) is 5.86. The highest BCUT2D eigenvalue weighted by atomic mass is 32.1. The molecule has 16 heavy (non-hydrogen) atoms. The number of aryl methyl sites for hydroxylation is 2. The summed E-state index contributed by atoms with van der Waals surface area (Å²) < 4.78 is 0. The maximum atomic E-state index is 11.5. The van der Waals surface area contributed by atoms with Crippen LogP contribution in [-0.2, 0) is 6.54 Å². The Balaban J connectivity index is 1.75. The van der Waals surface area contributed by atoms with Gasteiger partial charge in [-0.15, -0.1) is 11.3 Å². The Bertz CT molecular complexity index is 363. The van der Waals surface area contributed by atoms with E-state index in [0.29, 0.717) is 12.6 Å². The molecular formula is C12H18N2OS. The van der Waals surface area contributed by atoms with Crippen molar-refractivity contribution in [3.63, 3.8) is 0 Å². The molecule has 2 N–H and O–H groups in total. The van der Waals surface area contributed by atoms with Gasteiger partial charge in [0.1, 0.15) is 0 Å². The summed E-state index contributed by atoms with van der Waals surface area (Å²) in [6.07, 6.45) is 3.50. The summed E-state index contributed by atoms with van der Waals surface area (Å²) in [4.78, 5) is 14.0. The van der Waals surface area contributed by atoms with E-state index in [1.165, 1.54) is 21.7 Å². The number of thiophene rings is 1. The molecule has 1 aromatic rings. The van der Waals surface area contributed by atoms with Gasteiger partial charge in [-0.25, -0.2) is 4.79 Å². The van der Waals surface area contributed by atoms with Crippen LogP contribution in [0.1, 0.15) is 34.6 Å². The molecule has 0 spiro atoms. The molecule has 0 unspecified atom stereocenters. The molecule has 3 nitrogen and oxygen atoms in total. The Labute approximate surface area is 100 Å². The van der Waals surface area contributed by atoms with E-state index >= 15 is 0 Å². The molecule has 1 aromatic heterocycles.